The fourth-order valence-corrected chi connectivity index (χ4v) is 4.19. The van der Waals surface area contributed by atoms with Crippen LogP contribution in [0.25, 0.3) is 10.9 Å². The average Bonchev–Trinajstić information content (AvgIpc) is 2.83. The van der Waals surface area contributed by atoms with E-state index in [1.165, 1.54) is 41.3 Å². The summed E-state index contributed by atoms with van der Waals surface area (Å²) in [6, 6.07) is 8.44. The number of aryl methyl sites for hydroxylation is 1. The van der Waals surface area contributed by atoms with Crippen molar-refractivity contribution in [3.8, 4) is 0 Å². The number of H-pyrrole nitrogens is 1. The normalized spacial score (nSPS) is 19.8. The summed E-state index contributed by atoms with van der Waals surface area (Å²) in [6.45, 7) is 5.83. The molecule has 1 unspecified atom stereocenters. The van der Waals surface area contributed by atoms with E-state index in [1.807, 2.05) is 0 Å². The van der Waals surface area contributed by atoms with Crippen molar-refractivity contribution in [3.63, 3.8) is 0 Å². The van der Waals surface area contributed by atoms with Crippen LogP contribution < -0.4 is 4.72 Å². The monoisotopic (exact) mass is 349 g/mol. The van der Waals surface area contributed by atoms with Crippen molar-refractivity contribution in [2.45, 2.75) is 32.7 Å². The van der Waals surface area contributed by atoms with Crippen LogP contribution in [0.15, 0.2) is 24.3 Å². The molecule has 1 saturated heterocycles. The molecule has 0 amide bonds. The Morgan fingerprint density at radius 2 is 2.12 bits per heavy atom. The number of rotatable bonds is 6. The van der Waals surface area contributed by atoms with Gasteiger partial charge >= 0.3 is 0 Å². The number of hydrogen-bond donors (Lipinski definition) is 2. The van der Waals surface area contributed by atoms with Gasteiger partial charge in [-0.1, -0.05) is 18.2 Å². The highest BCUT2D eigenvalue weighted by atomic mass is 32.2. The quantitative estimate of drug-likeness (QED) is 0.842. The lowest BCUT2D eigenvalue weighted by Crippen LogP contribution is -2.36. The predicted octanol–water partition coefficient (Wildman–Crippen LogP) is 2.63. The molecule has 1 fully saturated rings. The molecule has 3 rings (SSSR count). The Balaban J connectivity index is 1.59. The maximum absolute atomic E-state index is 11.2. The van der Waals surface area contributed by atoms with E-state index in [1.54, 1.807) is 0 Å². The summed E-state index contributed by atoms with van der Waals surface area (Å²) in [6.07, 6.45) is 4.50. The molecule has 2 aromatic rings. The second-order valence-electron chi connectivity index (χ2n) is 6.97. The molecule has 1 aliphatic rings. The van der Waals surface area contributed by atoms with Crippen LogP contribution in [0.5, 0.6) is 0 Å². The highest BCUT2D eigenvalue weighted by Gasteiger charge is 2.21. The number of para-hydroxylation sites is 1. The first-order valence-electron chi connectivity index (χ1n) is 8.65. The molecule has 0 bridgehead atoms. The summed E-state index contributed by atoms with van der Waals surface area (Å²) < 4.78 is 25.0. The van der Waals surface area contributed by atoms with Crippen molar-refractivity contribution in [1.29, 1.82) is 0 Å². The fraction of sp³-hybridized carbons (Fsp3) is 0.556. The topological polar surface area (TPSA) is 65.2 Å². The van der Waals surface area contributed by atoms with Gasteiger partial charge in [0.1, 0.15) is 0 Å². The van der Waals surface area contributed by atoms with Gasteiger partial charge in [0, 0.05) is 36.2 Å². The molecule has 1 atom stereocenters. The summed E-state index contributed by atoms with van der Waals surface area (Å²) in [5, 5.41) is 1.30. The maximum atomic E-state index is 11.2. The lowest BCUT2D eigenvalue weighted by molar-refractivity contribution is 0.161. The summed E-state index contributed by atoms with van der Waals surface area (Å²) in [7, 11) is -3.08. The van der Waals surface area contributed by atoms with Gasteiger partial charge < -0.3 is 4.98 Å². The molecule has 24 heavy (non-hydrogen) atoms. The van der Waals surface area contributed by atoms with Crippen LogP contribution >= 0.6 is 0 Å². The van der Waals surface area contributed by atoms with Crippen molar-refractivity contribution in [1.82, 2.24) is 14.6 Å². The first-order chi connectivity index (χ1) is 11.4. The molecule has 2 N–H and O–H groups in total. The molecule has 1 aromatic carbocycles. The van der Waals surface area contributed by atoms with Crippen molar-refractivity contribution in [2.75, 3.05) is 25.9 Å². The molecule has 0 radical (unpaired) electrons. The largest absolute Gasteiger partial charge is 0.357 e. The van der Waals surface area contributed by atoms with Crippen LogP contribution in [0.2, 0.25) is 0 Å². The average molecular weight is 350 g/mol. The van der Waals surface area contributed by atoms with Crippen molar-refractivity contribution in [2.24, 2.45) is 5.92 Å². The van der Waals surface area contributed by atoms with E-state index in [4.69, 9.17) is 0 Å². The number of aromatic amines is 1. The molecule has 2 heterocycles. The summed E-state index contributed by atoms with van der Waals surface area (Å²) >= 11 is 0. The SMILES string of the molecule is Cc1c(CN2CCCC(CCNS(C)(=O)=O)C2)[nH]c2ccccc12. The van der Waals surface area contributed by atoms with Crippen LogP contribution in [0, 0.1) is 12.8 Å². The number of hydrogen-bond acceptors (Lipinski definition) is 3. The third-order valence-electron chi connectivity index (χ3n) is 4.97. The number of likely N-dealkylation sites (tertiary alicyclic amines) is 1. The van der Waals surface area contributed by atoms with Crippen LogP contribution in [-0.2, 0) is 16.6 Å². The highest BCUT2D eigenvalue weighted by molar-refractivity contribution is 7.88. The number of nitrogens with one attached hydrogen (secondary N) is 2. The molecule has 0 aliphatic carbocycles. The molecule has 6 heteroatoms. The van der Waals surface area contributed by atoms with Gasteiger partial charge in [0.2, 0.25) is 10.0 Å². The Bertz CT molecular complexity index is 798. The predicted molar refractivity (Wildman–Crippen MR) is 98.5 cm³/mol. The smallest absolute Gasteiger partial charge is 0.208 e. The van der Waals surface area contributed by atoms with Gasteiger partial charge in [-0.2, -0.15) is 0 Å². The lowest BCUT2D eigenvalue weighted by Gasteiger charge is -2.32. The zero-order chi connectivity index (χ0) is 17.2. The van der Waals surface area contributed by atoms with Gasteiger partial charge in [0.15, 0.2) is 0 Å². The molecule has 1 aliphatic heterocycles. The van der Waals surface area contributed by atoms with Crippen LogP contribution in [0.1, 0.15) is 30.5 Å². The first kappa shape index (κ1) is 17.5. The van der Waals surface area contributed by atoms with Crippen LogP contribution in [0.4, 0.5) is 0 Å². The van der Waals surface area contributed by atoms with Gasteiger partial charge in [0.05, 0.1) is 6.26 Å². The minimum absolute atomic E-state index is 0.544. The van der Waals surface area contributed by atoms with Crippen molar-refractivity contribution >= 4 is 20.9 Å². The minimum Gasteiger partial charge on any atom is -0.357 e. The van der Waals surface area contributed by atoms with Gasteiger partial charge in [-0.3, -0.25) is 4.90 Å². The fourth-order valence-electron chi connectivity index (χ4n) is 3.70. The second kappa shape index (κ2) is 7.25. The summed E-state index contributed by atoms with van der Waals surface area (Å²) in [4.78, 5) is 6.05. The zero-order valence-electron chi connectivity index (χ0n) is 14.5. The Hall–Kier alpha value is -1.37. The third-order valence-corrected chi connectivity index (χ3v) is 5.70. The van der Waals surface area contributed by atoms with E-state index in [2.05, 4.69) is 45.8 Å². The standard InChI is InChI=1S/C18H27N3O2S/c1-14-16-7-3-4-8-17(16)20-18(14)13-21-11-5-6-15(12-21)9-10-19-24(2,22)23/h3-4,7-8,15,19-20H,5-6,9-13H2,1-2H3. The van der Waals surface area contributed by atoms with Crippen molar-refractivity contribution < 1.29 is 8.42 Å². The Kier molecular flexibility index (Phi) is 5.27. The van der Waals surface area contributed by atoms with Gasteiger partial charge in [-0.05, 0) is 50.3 Å². The van der Waals surface area contributed by atoms with Gasteiger partial charge in [0.25, 0.3) is 0 Å². The molecule has 132 valence electrons. The molecule has 0 spiro atoms. The molecular weight excluding hydrogens is 322 g/mol. The number of aromatic nitrogens is 1. The third kappa shape index (κ3) is 4.37. The number of fused-ring (bicyclic) bond motifs is 1. The zero-order valence-corrected chi connectivity index (χ0v) is 15.3. The molecule has 1 aromatic heterocycles. The van der Waals surface area contributed by atoms with Gasteiger partial charge in [-0.15, -0.1) is 0 Å². The number of nitrogens with zero attached hydrogens (tertiary/aromatic N) is 1. The second-order valence-corrected chi connectivity index (χ2v) is 8.81. The van der Waals surface area contributed by atoms with E-state index < -0.39 is 10.0 Å². The number of sulfonamides is 1. The molecule has 5 nitrogen and oxygen atoms in total. The lowest BCUT2D eigenvalue weighted by atomic mass is 9.94. The summed E-state index contributed by atoms with van der Waals surface area (Å²) in [5.74, 6) is 0.567. The minimum atomic E-state index is -3.08. The van der Waals surface area contributed by atoms with E-state index in [0.29, 0.717) is 12.5 Å². The first-order valence-corrected chi connectivity index (χ1v) is 10.5. The highest BCUT2D eigenvalue weighted by Crippen LogP contribution is 2.25. The van der Waals surface area contributed by atoms with Gasteiger partial charge in [-0.25, -0.2) is 13.1 Å². The van der Waals surface area contributed by atoms with Crippen LogP contribution in [-0.4, -0.2) is 44.2 Å². The van der Waals surface area contributed by atoms with E-state index >= 15 is 0 Å². The Labute approximate surface area is 144 Å². The number of benzene rings is 1. The van der Waals surface area contributed by atoms with E-state index in [0.717, 1.165) is 26.1 Å². The maximum Gasteiger partial charge on any atom is 0.208 e. The van der Waals surface area contributed by atoms with Crippen LogP contribution in [0.3, 0.4) is 0 Å². The molecular formula is C18H27N3O2S. The van der Waals surface area contributed by atoms with E-state index in [9.17, 15) is 8.42 Å². The Morgan fingerprint density at radius 3 is 2.88 bits per heavy atom. The van der Waals surface area contributed by atoms with E-state index in [-0.39, 0.29) is 0 Å². The summed E-state index contributed by atoms with van der Waals surface area (Å²) in [5.41, 5.74) is 3.84. The Morgan fingerprint density at radius 1 is 1.33 bits per heavy atom. The number of piperidine rings is 1. The van der Waals surface area contributed by atoms with Crippen molar-refractivity contribution in [3.05, 3.63) is 35.5 Å². The molecule has 0 saturated carbocycles.